The fourth-order valence-corrected chi connectivity index (χ4v) is 2.64. The van der Waals surface area contributed by atoms with Crippen LogP contribution < -0.4 is 5.32 Å². The van der Waals surface area contributed by atoms with Crippen molar-refractivity contribution >= 4 is 34.0 Å². The molecule has 1 heterocycles. The highest BCUT2D eigenvalue weighted by atomic mass is 35.5. The third kappa shape index (κ3) is 3.78. The lowest BCUT2D eigenvalue weighted by Gasteiger charge is -2.03. The van der Waals surface area contributed by atoms with Gasteiger partial charge in [-0.15, -0.1) is 22.9 Å². The van der Waals surface area contributed by atoms with Gasteiger partial charge in [-0.05, 0) is 30.5 Å². The highest BCUT2D eigenvalue weighted by molar-refractivity contribution is 7.15. The molecule has 19 heavy (non-hydrogen) atoms. The molecule has 0 unspecified atom stereocenters. The first-order chi connectivity index (χ1) is 9.08. The molecule has 1 N–H and O–H groups in total. The van der Waals surface area contributed by atoms with Crippen molar-refractivity contribution in [3.8, 4) is 0 Å². The minimum Gasteiger partial charge on any atom is -0.301 e. The van der Waals surface area contributed by atoms with Crippen LogP contribution in [0.15, 0.2) is 24.4 Å². The summed E-state index contributed by atoms with van der Waals surface area (Å²) in [6.45, 7) is 4.21. The number of thiazole rings is 1. The normalized spacial score (nSPS) is 10.5. The Balaban J connectivity index is 2.07. The number of rotatable bonds is 4. The van der Waals surface area contributed by atoms with Gasteiger partial charge in [-0.25, -0.2) is 4.98 Å². The first-order valence-electron chi connectivity index (χ1n) is 5.95. The van der Waals surface area contributed by atoms with E-state index in [1.54, 1.807) is 6.20 Å². The first kappa shape index (κ1) is 14.0. The van der Waals surface area contributed by atoms with Crippen molar-refractivity contribution in [2.45, 2.75) is 20.3 Å². The van der Waals surface area contributed by atoms with Gasteiger partial charge in [0.1, 0.15) is 5.88 Å². The third-order valence-electron chi connectivity index (χ3n) is 2.87. The molecule has 2 aromatic rings. The number of anilines is 1. The van der Waals surface area contributed by atoms with Crippen LogP contribution >= 0.6 is 22.9 Å². The molecule has 0 radical (unpaired) electrons. The Morgan fingerprint density at radius 3 is 2.84 bits per heavy atom. The van der Waals surface area contributed by atoms with Gasteiger partial charge >= 0.3 is 0 Å². The summed E-state index contributed by atoms with van der Waals surface area (Å²) < 4.78 is 0. The maximum atomic E-state index is 11.2. The molecule has 0 aliphatic rings. The maximum Gasteiger partial charge on any atom is 0.241 e. The van der Waals surface area contributed by atoms with Crippen LogP contribution in [0.5, 0.6) is 0 Å². The Bertz CT molecular complexity index is 595. The van der Waals surface area contributed by atoms with Gasteiger partial charge in [0.15, 0.2) is 5.13 Å². The Hall–Kier alpha value is -1.39. The van der Waals surface area contributed by atoms with E-state index in [0.717, 1.165) is 11.3 Å². The molecular weight excluding hydrogens is 280 g/mol. The summed E-state index contributed by atoms with van der Waals surface area (Å²) in [5, 5.41) is 3.26. The Morgan fingerprint density at radius 1 is 1.37 bits per heavy atom. The summed E-state index contributed by atoms with van der Waals surface area (Å²) in [4.78, 5) is 16.4. The number of amides is 1. The molecule has 0 saturated carbocycles. The van der Waals surface area contributed by atoms with Crippen molar-refractivity contribution in [2.24, 2.45) is 0 Å². The number of carbonyl (C=O) groups is 1. The molecule has 5 heteroatoms. The van der Waals surface area contributed by atoms with Crippen LogP contribution in [0, 0.1) is 13.8 Å². The second-order valence-corrected chi connectivity index (χ2v) is 5.79. The summed E-state index contributed by atoms with van der Waals surface area (Å²) in [6.07, 6.45) is 2.62. The molecule has 1 aromatic heterocycles. The average Bonchev–Trinajstić information content (AvgIpc) is 2.81. The minimum absolute atomic E-state index is 0.0495. The second kappa shape index (κ2) is 6.17. The number of halogens is 1. The predicted molar refractivity (Wildman–Crippen MR) is 80.2 cm³/mol. The molecule has 0 spiro atoms. The van der Waals surface area contributed by atoms with Crippen LogP contribution in [0.3, 0.4) is 0 Å². The smallest absolute Gasteiger partial charge is 0.241 e. The van der Waals surface area contributed by atoms with Crippen LogP contribution in [0.25, 0.3) is 0 Å². The van der Waals surface area contributed by atoms with Crippen molar-refractivity contribution < 1.29 is 4.79 Å². The summed E-state index contributed by atoms with van der Waals surface area (Å²) in [7, 11) is 0. The van der Waals surface area contributed by atoms with Gasteiger partial charge < -0.3 is 5.32 Å². The van der Waals surface area contributed by atoms with Crippen LogP contribution in [-0.2, 0) is 11.2 Å². The number of hydrogen-bond donors (Lipinski definition) is 1. The fraction of sp³-hybridized carbons (Fsp3) is 0.286. The zero-order valence-electron chi connectivity index (χ0n) is 10.9. The largest absolute Gasteiger partial charge is 0.301 e. The van der Waals surface area contributed by atoms with E-state index in [4.69, 9.17) is 11.6 Å². The van der Waals surface area contributed by atoms with Gasteiger partial charge in [0.25, 0.3) is 0 Å². The number of nitrogens with one attached hydrogen (secondary N) is 1. The summed E-state index contributed by atoms with van der Waals surface area (Å²) >= 11 is 6.92. The van der Waals surface area contributed by atoms with E-state index in [2.05, 4.69) is 42.3 Å². The lowest BCUT2D eigenvalue weighted by Crippen LogP contribution is -2.11. The van der Waals surface area contributed by atoms with Crippen molar-refractivity contribution in [3.63, 3.8) is 0 Å². The Morgan fingerprint density at radius 2 is 2.16 bits per heavy atom. The second-order valence-electron chi connectivity index (χ2n) is 4.41. The van der Waals surface area contributed by atoms with Crippen molar-refractivity contribution in [2.75, 3.05) is 11.2 Å². The Kier molecular flexibility index (Phi) is 4.56. The van der Waals surface area contributed by atoms with E-state index in [1.807, 2.05) is 0 Å². The summed E-state index contributed by atoms with van der Waals surface area (Å²) in [6, 6.07) is 6.44. The molecule has 2 rings (SSSR count). The zero-order valence-corrected chi connectivity index (χ0v) is 12.4. The summed E-state index contributed by atoms with van der Waals surface area (Å²) in [5.74, 6) is -0.278. The fourth-order valence-electron chi connectivity index (χ4n) is 1.71. The monoisotopic (exact) mass is 294 g/mol. The van der Waals surface area contributed by atoms with Crippen LogP contribution in [-0.4, -0.2) is 16.8 Å². The number of aryl methyl sites for hydroxylation is 2. The number of aromatic nitrogens is 1. The maximum absolute atomic E-state index is 11.2. The SMILES string of the molecule is Cc1ccc(Cc2cnc(NC(=O)CCl)s2)cc1C. The molecule has 100 valence electrons. The average molecular weight is 295 g/mol. The van der Waals surface area contributed by atoms with Crippen LogP contribution in [0.4, 0.5) is 5.13 Å². The number of benzene rings is 1. The number of nitrogens with zero attached hydrogens (tertiary/aromatic N) is 1. The molecule has 0 fully saturated rings. The lowest BCUT2D eigenvalue weighted by atomic mass is 10.0. The number of alkyl halides is 1. The number of hydrogen-bond acceptors (Lipinski definition) is 3. The van der Waals surface area contributed by atoms with Gasteiger partial charge in [-0.3, -0.25) is 4.79 Å². The van der Waals surface area contributed by atoms with Crippen molar-refractivity contribution in [3.05, 3.63) is 46.0 Å². The topological polar surface area (TPSA) is 42.0 Å². The molecule has 0 bridgehead atoms. The summed E-state index contributed by atoms with van der Waals surface area (Å²) in [5.41, 5.74) is 3.84. The van der Waals surface area contributed by atoms with E-state index >= 15 is 0 Å². The van der Waals surface area contributed by atoms with E-state index in [-0.39, 0.29) is 11.8 Å². The van der Waals surface area contributed by atoms with Gasteiger partial charge in [0, 0.05) is 17.5 Å². The van der Waals surface area contributed by atoms with Gasteiger partial charge in [-0.2, -0.15) is 0 Å². The quantitative estimate of drug-likeness (QED) is 0.877. The van der Waals surface area contributed by atoms with Crippen molar-refractivity contribution in [1.82, 2.24) is 4.98 Å². The molecule has 1 aromatic carbocycles. The molecule has 0 saturated heterocycles. The molecule has 0 aliphatic heterocycles. The van der Waals surface area contributed by atoms with Gasteiger partial charge in [-0.1, -0.05) is 18.2 Å². The Labute approximate surface area is 121 Å². The molecule has 3 nitrogen and oxygen atoms in total. The van der Waals surface area contributed by atoms with E-state index in [9.17, 15) is 4.79 Å². The van der Waals surface area contributed by atoms with E-state index in [0.29, 0.717) is 5.13 Å². The van der Waals surface area contributed by atoms with Crippen LogP contribution in [0.1, 0.15) is 21.6 Å². The zero-order chi connectivity index (χ0) is 13.8. The van der Waals surface area contributed by atoms with Crippen molar-refractivity contribution in [1.29, 1.82) is 0 Å². The molecule has 0 atom stereocenters. The first-order valence-corrected chi connectivity index (χ1v) is 7.30. The molecule has 0 aliphatic carbocycles. The highest BCUT2D eigenvalue weighted by Crippen LogP contribution is 2.22. The standard InChI is InChI=1S/C14H15ClN2OS/c1-9-3-4-11(5-10(9)2)6-12-8-16-14(19-12)17-13(18)7-15/h3-5,8H,6-7H2,1-2H3,(H,16,17,18). The predicted octanol–water partition coefficient (Wildman–Crippen LogP) is 3.53. The van der Waals surface area contributed by atoms with Crippen LogP contribution in [0.2, 0.25) is 0 Å². The highest BCUT2D eigenvalue weighted by Gasteiger charge is 2.06. The minimum atomic E-state index is -0.228. The molecular formula is C14H15ClN2OS. The van der Waals surface area contributed by atoms with E-state index in [1.165, 1.54) is 28.0 Å². The van der Waals surface area contributed by atoms with E-state index < -0.39 is 0 Å². The van der Waals surface area contributed by atoms with Gasteiger partial charge in [0.2, 0.25) is 5.91 Å². The van der Waals surface area contributed by atoms with Gasteiger partial charge in [0.05, 0.1) is 0 Å². The number of carbonyl (C=O) groups excluding carboxylic acids is 1. The molecule has 1 amide bonds. The lowest BCUT2D eigenvalue weighted by molar-refractivity contribution is -0.113. The third-order valence-corrected chi connectivity index (χ3v) is 4.03.